The van der Waals surface area contributed by atoms with Gasteiger partial charge >= 0.3 is 0 Å². The van der Waals surface area contributed by atoms with Crippen molar-refractivity contribution < 1.29 is 9.31 Å². The molecule has 2 unspecified atom stereocenters. The van der Waals surface area contributed by atoms with Crippen LogP contribution in [0.5, 0.6) is 0 Å². The summed E-state index contributed by atoms with van der Waals surface area (Å²) in [5.74, 6) is -0.613. The first-order valence-corrected chi connectivity index (χ1v) is 7.98. The van der Waals surface area contributed by atoms with E-state index < -0.39 is 10.7 Å². The van der Waals surface area contributed by atoms with Gasteiger partial charge in [-0.05, 0) is 54.2 Å². The molecule has 0 amide bonds. The number of piperidine rings is 1. The van der Waals surface area contributed by atoms with Gasteiger partial charge < -0.3 is 10.2 Å². The first-order chi connectivity index (χ1) is 10.0. The summed E-state index contributed by atoms with van der Waals surface area (Å²) in [6, 6.07) is 3.23. The highest BCUT2D eigenvalue weighted by molar-refractivity contribution is 9.10. The molecule has 21 heavy (non-hydrogen) atoms. The summed E-state index contributed by atoms with van der Waals surface area (Å²) >= 11 is 3.09. The molecule has 0 aromatic heterocycles. The van der Waals surface area contributed by atoms with Crippen molar-refractivity contribution in [2.45, 2.75) is 37.8 Å². The van der Waals surface area contributed by atoms with E-state index in [0.717, 1.165) is 25.5 Å². The molecule has 3 rings (SSSR count). The lowest BCUT2D eigenvalue weighted by molar-refractivity contribution is -0.384. The summed E-state index contributed by atoms with van der Waals surface area (Å²) in [6.45, 7) is 2.19. The molecular weight excluding hydrogens is 341 g/mol. The van der Waals surface area contributed by atoms with Crippen molar-refractivity contribution in [2.24, 2.45) is 0 Å². The molecule has 7 heteroatoms. The zero-order valence-corrected chi connectivity index (χ0v) is 13.1. The van der Waals surface area contributed by atoms with Gasteiger partial charge in [0.25, 0.3) is 5.69 Å². The molecule has 2 saturated heterocycles. The first-order valence-electron chi connectivity index (χ1n) is 7.18. The zero-order valence-electron chi connectivity index (χ0n) is 11.5. The van der Waals surface area contributed by atoms with Gasteiger partial charge in [0.05, 0.1) is 15.5 Å². The zero-order chi connectivity index (χ0) is 15.0. The lowest BCUT2D eigenvalue weighted by atomic mass is 9.97. The van der Waals surface area contributed by atoms with Gasteiger partial charge in [0, 0.05) is 18.6 Å². The topological polar surface area (TPSA) is 58.4 Å². The number of rotatable bonds is 3. The number of nitro groups is 1. The number of nitro benzene ring substituents is 1. The summed E-state index contributed by atoms with van der Waals surface area (Å²) in [5.41, 5.74) is 0.189. The third-order valence-corrected chi connectivity index (χ3v) is 5.02. The van der Waals surface area contributed by atoms with Gasteiger partial charge in [0.15, 0.2) is 0 Å². The molecular formula is C14H17BrFN3O2. The molecule has 1 aromatic carbocycles. The maximum Gasteiger partial charge on any atom is 0.295 e. The van der Waals surface area contributed by atoms with E-state index in [2.05, 4.69) is 26.1 Å². The Morgan fingerprint density at radius 1 is 1.38 bits per heavy atom. The van der Waals surface area contributed by atoms with Crippen molar-refractivity contribution in [1.29, 1.82) is 0 Å². The van der Waals surface area contributed by atoms with Crippen LogP contribution < -0.4 is 5.32 Å². The highest BCUT2D eigenvalue weighted by Crippen LogP contribution is 2.34. The average molecular weight is 358 g/mol. The third kappa shape index (κ3) is 3.03. The van der Waals surface area contributed by atoms with Crippen LogP contribution in [0.3, 0.4) is 0 Å². The Bertz CT molecular complexity index is 569. The molecule has 5 nitrogen and oxygen atoms in total. The molecule has 0 bridgehead atoms. The Labute approximate surface area is 130 Å². The van der Waals surface area contributed by atoms with Crippen LogP contribution >= 0.6 is 15.9 Å². The van der Waals surface area contributed by atoms with Crippen LogP contribution in [0.15, 0.2) is 16.6 Å². The number of hydrogen-bond donors (Lipinski definition) is 1. The smallest absolute Gasteiger partial charge is 0.295 e. The van der Waals surface area contributed by atoms with Gasteiger partial charge in [0.2, 0.25) is 0 Å². The molecule has 1 N–H and O–H groups in total. The molecule has 0 radical (unpaired) electrons. The number of nitrogens with one attached hydrogen (secondary N) is 1. The Balaban J connectivity index is 1.78. The van der Waals surface area contributed by atoms with Crippen LogP contribution in [0.4, 0.5) is 15.8 Å². The summed E-state index contributed by atoms with van der Waals surface area (Å²) in [6.07, 6.45) is 4.39. The lowest BCUT2D eigenvalue weighted by Crippen LogP contribution is -2.42. The largest absolute Gasteiger partial charge is 0.377 e. The van der Waals surface area contributed by atoms with Crippen molar-refractivity contribution in [2.75, 3.05) is 18.4 Å². The van der Waals surface area contributed by atoms with Gasteiger partial charge in [-0.3, -0.25) is 10.1 Å². The molecule has 0 spiro atoms. The minimum absolute atomic E-state index is 0.204. The number of anilines is 1. The van der Waals surface area contributed by atoms with Crippen molar-refractivity contribution in [1.82, 2.24) is 4.90 Å². The van der Waals surface area contributed by atoms with E-state index in [1.807, 2.05) is 0 Å². The number of fused-ring (bicyclic) bond motifs is 1. The Kier molecular flexibility index (Phi) is 4.12. The summed E-state index contributed by atoms with van der Waals surface area (Å²) < 4.78 is 13.7. The van der Waals surface area contributed by atoms with Crippen LogP contribution in [0, 0.1) is 15.9 Å². The highest BCUT2D eigenvalue weighted by Gasteiger charge is 2.32. The number of benzene rings is 1. The number of hydrogen-bond acceptors (Lipinski definition) is 4. The van der Waals surface area contributed by atoms with Crippen molar-refractivity contribution in [3.05, 3.63) is 32.5 Å². The van der Waals surface area contributed by atoms with Gasteiger partial charge in [-0.25, -0.2) is 4.39 Å². The molecule has 0 saturated carbocycles. The maximum atomic E-state index is 13.5. The molecule has 114 valence electrons. The van der Waals surface area contributed by atoms with Crippen molar-refractivity contribution in [3.63, 3.8) is 0 Å². The lowest BCUT2D eigenvalue weighted by Gasteiger charge is -2.35. The summed E-state index contributed by atoms with van der Waals surface area (Å²) in [7, 11) is 0. The second-order valence-electron chi connectivity index (χ2n) is 5.74. The van der Waals surface area contributed by atoms with Crippen LogP contribution in [0.25, 0.3) is 0 Å². The maximum absolute atomic E-state index is 13.5. The Hall–Kier alpha value is -1.21. The average Bonchev–Trinajstić information content (AvgIpc) is 2.89. The molecule has 0 aliphatic carbocycles. The Morgan fingerprint density at radius 2 is 2.19 bits per heavy atom. The van der Waals surface area contributed by atoms with Crippen molar-refractivity contribution in [3.8, 4) is 0 Å². The SMILES string of the molecule is O=[N+]([O-])c1cc(F)c(Br)cc1NC1CCN2CCCC2C1. The molecule has 1 aromatic rings. The van der Waals surface area contributed by atoms with Gasteiger partial charge in [0.1, 0.15) is 11.5 Å². The first kappa shape index (κ1) is 14.7. The van der Waals surface area contributed by atoms with E-state index in [1.54, 1.807) is 0 Å². The molecule has 2 fully saturated rings. The number of nitrogens with zero attached hydrogens (tertiary/aromatic N) is 2. The van der Waals surface area contributed by atoms with Crippen LogP contribution in [0.1, 0.15) is 25.7 Å². The van der Waals surface area contributed by atoms with E-state index >= 15 is 0 Å². The van der Waals surface area contributed by atoms with Crippen LogP contribution in [0.2, 0.25) is 0 Å². The molecule has 2 heterocycles. The monoisotopic (exact) mass is 357 g/mol. The minimum Gasteiger partial charge on any atom is -0.377 e. The second-order valence-corrected chi connectivity index (χ2v) is 6.59. The second kappa shape index (κ2) is 5.88. The van der Waals surface area contributed by atoms with Crippen LogP contribution in [-0.4, -0.2) is 35.0 Å². The van der Waals surface area contributed by atoms with E-state index in [9.17, 15) is 14.5 Å². The third-order valence-electron chi connectivity index (χ3n) is 4.42. The molecule has 2 atom stereocenters. The van der Waals surface area contributed by atoms with E-state index in [4.69, 9.17) is 0 Å². The fraction of sp³-hybridized carbons (Fsp3) is 0.571. The summed E-state index contributed by atoms with van der Waals surface area (Å²) in [5, 5.41) is 14.3. The molecule has 2 aliphatic rings. The van der Waals surface area contributed by atoms with Gasteiger partial charge in [-0.1, -0.05) is 0 Å². The van der Waals surface area contributed by atoms with Gasteiger partial charge in [-0.15, -0.1) is 0 Å². The fourth-order valence-electron chi connectivity index (χ4n) is 3.38. The summed E-state index contributed by atoms with van der Waals surface area (Å²) in [4.78, 5) is 13.0. The van der Waals surface area contributed by atoms with Crippen molar-refractivity contribution >= 4 is 27.3 Å². The predicted octanol–water partition coefficient (Wildman–Crippen LogP) is 3.54. The fourth-order valence-corrected chi connectivity index (χ4v) is 3.72. The van der Waals surface area contributed by atoms with Gasteiger partial charge in [-0.2, -0.15) is 0 Å². The van der Waals surface area contributed by atoms with Crippen LogP contribution in [-0.2, 0) is 0 Å². The van der Waals surface area contributed by atoms with E-state index in [0.29, 0.717) is 11.7 Å². The van der Waals surface area contributed by atoms with E-state index in [1.165, 1.54) is 25.5 Å². The van der Waals surface area contributed by atoms with E-state index in [-0.39, 0.29) is 16.2 Å². The number of halogens is 2. The standard InChI is InChI=1S/C14H17BrFN3O2/c15-11-7-13(14(19(20)21)8-12(11)16)17-9-3-5-18-4-1-2-10(18)6-9/h7-10,17H,1-6H2. The normalized spacial score (nSPS) is 25.6. The minimum atomic E-state index is -0.613. The quantitative estimate of drug-likeness (QED) is 0.663. The Morgan fingerprint density at radius 3 is 2.95 bits per heavy atom. The highest BCUT2D eigenvalue weighted by atomic mass is 79.9. The molecule has 2 aliphatic heterocycles. The predicted molar refractivity (Wildman–Crippen MR) is 82.0 cm³/mol.